The molecule has 0 saturated carbocycles. The van der Waals surface area contributed by atoms with Crippen molar-refractivity contribution in [1.82, 2.24) is 16.0 Å². The molecule has 3 N–H and O–H groups in total. The first kappa shape index (κ1) is 16.9. The van der Waals surface area contributed by atoms with Gasteiger partial charge in [0, 0.05) is 13.5 Å². The second-order valence-corrected chi connectivity index (χ2v) is 5.24. The zero-order chi connectivity index (χ0) is 17.0. The van der Waals surface area contributed by atoms with Crippen molar-refractivity contribution in [2.45, 2.75) is 31.3 Å². The van der Waals surface area contributed by atoms with Crippen molar-refractivity contribution in [3.05, 3.63) is 35.4 Å². The molecule has 0 spiro atoms. The number of hydrogen-bond donors (Lipinski definition) is 3. The van der Waals surface area contributed by atoms with Crippen LogP contribution in [-0.4, -0.2) is 30.8 Å². The fourth-order valence-corrected chi connectivity index (χ4v) is 2.38. The molecule has 0 unspecified atom stereocenters. The Morgan fingerprint density at radius 3 is 2.65 bits per heavy atom. The van der Waals surface area contributed by atoms with Gasteiger partial charge in [0.25, 0.3) is 0 Å². The van der Waals surface area contributed by atoms with Crippen LogP contribution in [-0.2, 0) is 14.4 Å². The van der Waals surface area contributed by atoms with E-state index in [1.807, 2.05) is 0 Å². The summed E-state index contributed by atoms with van der Waals surface area (Å²) in [6.45, 7) is 0. The summed E-state index contributed by atoms with van der Waals surface area (Å²) in [4.78, 5) is 35.5. The van der Waals surface area contributed by atoms with Gasteiger partial charge in [-0.3, -0.25) is 14.4 Å². The average Bonchev–Trinajstić information content (AvgIpc) is 2.54. The van der Waals surface area contributed by atoms with Crippen LogP contribution in [0, 0.1) is 11.6 Å². The molecule has 1 aliphatic heterocycles. The molecule has 2 atom stereocenters. The van der Waals surface area contributed by atoms with Gasteiger partial charge in [-0.05, 0) is 30.5 Å². The van der Waals surface area contributed by atoms with Crippen LogP contribution in [0.1, 0.15) is 30.9 Å². The predicted octanol–water partition coefficient (Wildman–Crippen LogP) is 0.537. The monoisotopic (exact) mass is 325 g/mol. The number of nitrogens with one attached hydrogen (secondary N) is 3. The van der Waals surface area contributed by atoms with Crippen LogP contribution in [0.2, 0.25) is 0 Å². The Morgan fingerprint density at radius 1 is 1.30 bits per heavy atom. The largest absolute Gasteiger partial charge is 0.357 e. The highest BCUT2D eigenvalue weighted by atomic mass is 19.2. The van der Waals surface area contributed by atoms with Gasteiger partial charge < -0.3 is 16.0 Å². The first-order chi connectivity index (χ1) is 10.9. The van der Waals surface area contributed by atoms with E-state index in [-0.39, 0.29) is 11.5 Å². The Kier molecular flexibility index (Phi) is 5.25. The van der Waals surface area contributed by atoms with Gasteiger partial charge in [0.2, 0.25) is 17.7 Å². The second kappa shape index (κ2) is 7.17. The van der Waals surface area contributed by atoms with Gasteiger partial charge in [-0.2, -0.15) is 0 Å². The molecule has 1 heterocycles. The predicted molar refractivity (Wildman–Crippen MR) is 77.1 cm³/mol. The summed E-state index contributed by atoms with van der Waals surface area (Å²) < 4.78 is 26.4. The molecule has 0 aliphatic carbocycles. The highest BCUT2D eigenvalue weighted by Crippen LogP contribution is 2.18. The molecule has 8 heteroatoms. The first-order valence-electron chi connectivity index (χ1n) is 7.18. The van der Waals surface area contributed by atoms with Gasteiger partial charge in [-0.1, -0.05) is 6.07 Å². The van der Waals surface area contributed by atoms with E-state index >= 15 is 0 Å². The summed E-state index contributed by atoms with van der Waals surface area (Å²) in [6.07, 6.45) is 1.38. The molecule has 0 bridgehead atoms. The van der Waals surface area contributed by atoms with Crippen LogP contribution in [0.4, 0.5) is 8.78 Å². The van der Waals surface area contributed by atoms with Crippen molar-refractivity contribution in [3.8, 4) is 0 Å². The molecule has 1 aromatic rings. The van der Waals surface area contributed by atoms with Crippen LogP contribution in [0.15, 0.2) is 18.2 Å². The highest BCUT2D eigenvalue weighted by molar-refractivity contribution is 5.93. The van der Waals surface area contributed by atoms with E-state index in [1.54, 1.807) is 0 Å². The molecule has 23 heavy (non-hydrogen) atoms. The molecule has 6 nitrogen and oxygen atoms in total. The zero-order valence-corrected chi connectivity index (χ0v) is 12.5. The number of amides is 3. The van der Waals surface area contributed by atoms with Crippen LogP contribution in [0.3, 0.4) is 0 Å². The van der Waals surface area contributed by atoms with Crippen LogP contribution in [0.25, 0.3) is 0 Å². The Morgan fingerprint density at radius 2 is 2.04 bits per heavy atom. The molecule has 1 aliphatic rings. The number of carbonyl (C=O) groups excluding carboxylic acids is 3. The lowest BCUT2D eigenvalue weighted by Crippen LogP contribution is -2.51. The van der Waals surface area contributed by atoms with Crippen molar-refractivity contribution in [3.63, 3.8) is 0 Å². The van der Waals surface area contributed by atoms with E-state index in [0.29, 0.717) is 19.3 Å². The number of benzene rings is 1. The Balaban J connectivity index is 2.18. The molecule has 124 valence electrons. The maximum Gasteiger partial charge on any atom is 0.246 e. The summed E-state index contributed by atoms with van der Waals surface area (Å²) in [7, 11) is 1.36. The molecule has 0 radical (unpaired) electrons. The van der Waals surface area contributed by atoms with E-state index < -0.39 is 35.5 Å². The summed E-state index contributed by atoms with van der Waals surface area (Å²) >= 11 is 0. The van der Waals surface area contributed by atoms with Gasteiger partial charge in [0.05, 0.1) is 0 Å². The standard InChI is InChI=1S/C15H17F2N3O3/c1-18-15(23)13(8-5-6-9(16)10(17)7-8)20-14(22)11-3-2-4-12(21)19-11/h5-7,11,13H,2-4H2,1H3,(H,18,23)(H,19,21)(H,20,22)/t11-,13-/m0/s1. The summed E-state index contributed by atoms with van der Waals surface area (Å²) in [5.74, 6) is -3.52. The third kappa shape index (κ3) is 4.02. The minimum Gasteiger partial charge on any atom is -0.357 e. The molecule has 1 fully saturated rings. The minimum absolute atomic E-state index is 0.110. The van der Waals surface area contributed by atoms with Crippen LogP contribution >= 0.6 is 0 Å². The van der Waals surface area contributed by atoms with E-state index in [0.717, 1.165) is 12.1 Å². The number of hydrogen-bond acceptors (Lipinski definition) is 3. The van der Waals surface area contributed by atoms with Crippen molar-refractivity contribution in [2.24, 2.45) is 0 Å². The van der Waals surface area contributed by atoms with Gasteiger partial charge in [-0.15, -0.1) is 0 Å². The molecule has 1 aromatic carbocycles. The lowest BCUT2D eigenvalue weighted by molar-refractivity contribution is -0.133. The van der Waals surface area contributed by atoms with Crippen molar-refractivity contribution in [2.75, 3.05) is 7.05 Å². The van der Waals surface area contributed by atoms with Gasteiger partial charge in [0.1, 0.15) is 12.1 Å². The molecule has 3 amide bonds. The van der Waals surface area contributed by atoms with Crippen molar-refractivity contribution < 1.29 is 23.2 Å². The van der Waals surface area contributed by atoms with Gasteiger partial charge in [0.15, 0.2) is 11.6 Å². The third-order valence-electron chi connectivity index (χ3n) is 3.62. The maximum absolute atomic E-state index is 13.4. The van der Waals surface area contributed by atoms with Gasteiger partial charge in [-0.25, -0.2) is 8.78 Å². The lowest BCUT2D eigenvalue weighted by atomic mass is 10.0. The molecule has 1 saturated heterocycles. The fraction of sp³-hybridized carbons (Fsp3) is 0.400. The number of rotatable bonds is 4. The van der Waals surface area contributed by atoms with Crippen LogP contribution < -0.4 is 16.0 Å². The average molecular weight is 325 g/mol. The Hall–Kier alpha value is -2.51. The Labute approximate surface area is 131 Å². The normalized spacial score (nSPS) is 18.7. The van der Waals surface area contributed by atoms with E-state index in [1.165, 1.54) is 13.1 Å². The van der Waals surface area contributed by atoms with E-state index in [2.05, 4.69) is 16.0 Å². The number of likely N-dealkylation sites (N-methyl/N-ethyl adjacent to an activating group) is 1. The van der Waals surface area contributed by atoms with E-state index in [4.69, 9.17) is 0 Å². The zero-order valence-electron chi connectivity index (χ0n) is 12.5. The number of piperidine rings is 1. The second-order valence-electron chi connectivity index (χ2n) is 5.24. The first-order valence-corrected chi connectivity index (χ1v) is 7.18. The smallest absolute Gasteiger partial charge is 0.246 e. The summed E-state index contributed by atoms with van der Waals surface area (Å²) in [6, 6.07) is 1.04. The summed E-state index contributed by atoms with van der Waals surface area (Å²) in [5, 5.41) is 7.36. The molecular formula is C15H17F2N3O3. The molecule has 0 aromatic heterocycles. The van der Waals surface area contributed by atoms with Gasteiger partial charge >= 0.3 is 0 Å². The topological polar surface area (TPSA) is 87.3 Å². The van der Waals surface area contributed by atoms with Crippen LogP contribution in [0.5, 0.6) is 0 Å². The van der Waals surface area contributed by atoms with Crippen molar-refractivity contribution in [1.29, 1.82) is 0 Å². The minimum atomic E-state index is -1.18. The number of halogens is 2. The maximum atomic E-state index is 13.4. The van der Waals surface area contributed by atoms with E-state index in [9.17, 15) is 23.2 Å². The Bertz CT molecular complexity index is 636. The molecule has 2 rings (SSSR count). The lowest BCUT2D eigenvalue weighted by Gasteiger charge is -2.25. The SMILES string of the molecule is CNC(=O)[C@@H](NC(=O)[C@@H]1CCCC(=O)N1)c1ccc(F)c(F)c1. The summed E-state index contributed by atoms with van der Waals surface area (Å²) in [5.41, 5.74) is 0.110. The quantitative estimate of drug-likeness (QED) is 0.755. The third-order valence-corrected chi connectivity index (χ3v) is 3.62. The fourth-order valence-electron chi connectivity index (χ4n) is 2.38. The number of carbonyl (C=O) groups is 3. The highest BCUT2D eigenvalue weighted by Gasteiger charge is 2.29. The molecular weight excluding hydrogens is 308 g/mol. The van der Waals surface area contributed by atoms with Crippen molar-refractivity contribution >= 4 is 17.7 Å².